The highest BCUT2D eigenvalue weighted by Crippen LogP contribution is 2.30. The summed E-state index contributed by atoms with van der Waals surface area (Å²) in [5.74, 6) is -0.252. The second-order valence-electron chi connectivity index (χ2n) is 6.66. The molecule has 3 rings (SSSR count). The van der Waals surface area contributed by atoms with E-state index in [9.17, 15) is 13.2 Å². The summed E-state index contributed by atoms with van der Waals surface area (Å²) >= 11 is 0. The molecule has 3 aromatic rings. The van der Waals surface area contributed by atoms with Gasteiger partial charge in [0.2, 0.25) is 5.82 Å². The van der Waals surface area contributed by atoms with Crippen molar-refractivity contribution in [1.29, 1.82) is 0 Å². The van der Waals surface area contributed by atoms with Gasteiger partial charge in [-0.15, -0.1) is 0 Å². The highest BCUT2D eigenvalue weighted by molar-refractivity contribution is 5.89. The second-order valence-corrected chi connectivity index (χ2v) is 6.66. The number of alkyl halides is 3. The summed E-state index contributed by atoms with van der Waals surface area (Å²) in [5, 5.41) is 3.65. The number of benzene rings is 2. The van der Waals surface area contributed by atoms with E-state index < -0.39 is 12.0 Å². The number of likely N-dealkylation sites (N-methyl/N-ethyl adjacent to an activating group) is 1. The molecule has 0 amide bonds. The number of hydrogen-bond acceptors (Lipinski definition) is 4. The zero-order valence-electron chi connectivity index (χ0n) is 15.8. The molecule has 1 aromatic heterocycles. The molecule has 148 valence electrons. The van der Waals surface area contributed by atoms with E-state index >= 15 is 0 Å². The number of fused-ring (bicyclic) bond motifs is 1. The molecular weight excluding hydrogens is 369 g/mol. The highest BCUT2D eigenvalue weighted by atomic mass is 19.4. The van der Waals surface area contributed by atoms with Crippen LogP contribution in [0.4, 0.5) is 19.0 Å². The SMILES string of the molecule is COc1ccccc1[C@H](CNc1nc(C(F)(F)F)nc2ccccc12)[NH+](C)C. The molecule has 2 aromatic carbocycles. The van der Waals surface area contributed by atoms with Gasteiger partial charge in [0.05, 0.1) is 38.8 Å². The number of halogens is 3. The first-order valence-electron chi connectivity index (χ1n) is 8.82. The Morgan fingerprint density at radius 1 is 1.04 bits per heavy atom. The normalized spacial score (nSPS) is 13.0. The van der Waals surface area contributed by atoms with Crippen LogP contribution in [0.15, 0.2) is 48.5 Å². The van der Waals surface area contributed by atoms with E-state index in [4.69, 9.17) is 4.74 Å². The van der Waals surface area contributed by atoms with Gasteiger partial charge in [0.25, 0.3) is 0 Å². The first kappa shape index (κ1) is 19.9. The predicted molar refractivity (Wildman–Crippen MR) is 102 cm³/mol. The monoisotopic (exact) mass is 391 g/mol. The van der Waals surface area contributed by atoms with Gasteiger partial charge in [0.15, 0.2) is 0 Å². The standard InChI is InChI=1S/C20H21F3N4O/c1-27(2)16(14-9-5-7-11-17(14)28-3)12-24-18-13-8-4-6-10-15(13)25-19(26-18)20(21,22)23/h4-11,16H,12H2,1-3H3,(H,24,25,26)/p+1/t16-/m0/s1. The Morgan fingerprint density at radius 3 is 2.39 bits per heavy atom. The predicted octanol–water partition coefficient (Wildman–Crippen LogP) is 2.95. The van der Waals surface area contributed by atoms with Crippen molar-refractivity contribution >= 4 is 16.7 Å². The third-order valence-corrected chi connectivity index (χ3v) is 4.54. The first-order chi connectivity index (χ1) is 13.3. The van der Waals surface area contributed by atoms with Crippen molar-refractivity contribution in [3.05, 3.63) is 59.9 Å². The Bertz CT molecular complexity index is 960. The topological polar surface area (TPSA) is 51.5 Å². The molecule has 0 bridgehead atoms. The summed E-state index contributed by atoms with van der Waals surface area (Å²) in [6, 6.07) is 14.2. The van der Waals surface area contributed by atoms with Crippen LogP contribution in [0, 0.1) is 0 Å². The fraction of sp³-hybridized carbons (Fsp3) is 0.300. The lowest BCUT2D eigenvalue weighted by molar-refractivity contribution is -0.890. The van der Waals surface area contributed by atoms with E-state index in [1.807, 2.05) is 38.4 Å². The van der Waals surface area contributed by atoms with Crippen LogP contribution in [-0.4, -0.2) is 37.7 Å². The molecule has 0 saturated heterocycles. The molecule has 0 spiro atoms. The molecule has 8 heteroatoms. The van der Waals surface area contributed by atoms with Crippen LogP contribution in [0.2, 0.25) is 0 Å². The molecule has 0 aliphatic heterocycles. The molecule has 0 fully saturated rings. The lowest BCUT2D eigenvalue weighted by Crippen LogP contribution is -3.06. The van der Waals surface area contributed by atoms with Gasteiger partial charge >= 0.3 is 6.18 Å². The lowest BCUT2D eigenvalue weighted by Gasteiger charge is -2.24. The van der Waals surface area contributed by atoms with Crippen molar-refractivity contribution in [1.82, 2.24) is 9.97 Å². The number of rotatable bonds is 6. The zero-order chi connectivity index (χ0) is 20.3. The third kappa shape index (κ3) is 4.17. The van der Waals surface area contributed by atoms with Crippen LogP contribution in [0.5, 0.6) is 5.75 Å². The molecule has 1 heterocycles. The van der Waals surface area contributed by atoms with Gasteiger partial charge in [0, 0.05) is 5.39 Å². The average molecular weight is 391 g/mol. The number of methoxy groups -OCH3 is 1. The summed E-state index contributed by atoms with van der Waals surface area (Å²) in [5.41, 5.74) is 1.21. The first-order valence-corrected chi connectivity index (χ1v) is 8.82. The van der Waals surface area contributed by atoms with Crippen molar-refractivity contribution in [3.8, 4) is 5.75 Å². The molecule has 5 nitrogen and oxygen atoms in total. The van der Waals surface area contributed by atoms with Gasteiger partial charge in [-0.05, 0) is 24.3 Å². The maximum atomic E-state index is 13.2. The number of anilines is 1. The number of nitrogens with zero attached hydrogens (tertiary/aromatic N) is 2. The van der Waals surface area contributed by atoms with E-state index in [1.165, 1.54) is 0 Å². The number of ether oxygens (including phenoxy) is 1. The Balaban J connectivity index is 1.97. The second kappa shape index (κ2) is 8.02. The fourth-order valence-electron chi connectivity index (χ4n) is 3.12. The fourth-order valence-corrected chi connectivity index (χ4v) is 3.12. The highest BCUT2D eigenvalue weighted by Gasteiger charge is 2.35. The Labute approximate surface area is 161 Å². The van der Waals surface area contributed by atoms with Crippen LogP contribution in [0.25, 0.3) is 10.9 Å². The summed E-state index contributed by atoms with van der Waals surface area (Å²) < 4.78 is 45.1. The number of para-hydroxylation sites is 2. The summed E-state index contributed by atoms with van der Waals surface area (Å²) in [4.78, 5) is 8.51. The largest absolute Gasteiger partial charge is 0.496 e. The van der Waals surface area contributed by atoms with Crippen LogP contribution in [-0.2, 0) is 6.18 Å². The van der Waals surface area contributed by atoms with Gasteiger partial charge in [0.1, 0.15) is 17.6 Å². The van der Waals surface area contributed by atoms with Gasteiger partial charge in [-0.1, -0.05) is 24.3 Å². The third-order valence-electron chi connectivity index (χ3n) is 4.54. The van der Waals surface area contributed by atoms with Crippen LogP contribution in [0.1, 0.15) is 17.4 Å². The zero-order valence-corrected chi connectivity index (χ0v) is 15.8. The molecule has 2 N–H and O–H groups in total. The molecule has 0 unspecified atom stereocenters. The van der Waals surface area contributed by atoms with Gasteiger partial charge in [-0.3, -0.25) is 0 Å². The Hall–Kier alpha value is -2.87. The van der Waals surface area contributed by atoms with E-state index in [0.29, 0.717) is 11.9 Å². The minimum atomic E-state index is -4.62. The van der Waals surface area contributed by atoms with Gasteiger partial charge in [-0.2, -0.15) is 13.2 Å². The summed E-state index contributed by atoms with van der Waals surface area (Å²) in [7, 11) is 5.57. The number of nitrogens with one attached hydrogen (secondary N) is 2. The van der Waals surface area contributed by atoms with Gasteiger partial charge < -0.3 is 15.0 Å². The maximum absolute atomic E-state index is 13.2. The average Bonchev–Trinajstić information content (AvgIpc) is 2.67. The van der Waals surface area contributed by atoms with Crippen LogP contribution in [0.3, 0.4) is 0 Å². The molecule has 0 aliphatic carbocycles. The minimum absolute atomic E-state index is 0.0563. The molecule has 0 radical (unpaired) electrons. The van der Waals surface area contributed by atoms with E-state index in [0.717, 1.165) is 16.2 Å². The van der Waals surface area contributed by atoms with Gasteiger partial charge in [-0.25, -0.2) is 9.97 Å². The van der Waals surface area contributed by atoms with E-state index in [-0.39, 0.29) is 17.4 Å². The van der Waals surface area contributed by atoms with Crippen molar-refractivity contribution < 1.29 is 22.8 Å². The number of aromatic nitrogens is 2. The van der Waals surface area contributed by atoms with Crippen molar-refractivity contribution in [2.75, 3.05) is 33.1 Å². The Kier molecular flexibility index (Phi) is 5.69. The Morgan fingerprint density at radius 2 is 1.71 bits per heavy atom. The molecular formula is C20H22F3N4O+. The van der Waals surface area contributed by atoms with Crippen molar-refractivity contribution in [3.63, 3.8) is 0 Å². The number of hydrogen-bond donors (Lipinski definition) is 2. The minimum Gasteiger partial charge on any atom is -0.496 e. The van der Waals surface area contributed by atoms with Crippen LogP contribution < -0.4 is 15.0 Å². The van der Waals surface area contributed by atoms with Crippen LogP contribution >= 0.6 is 0 Å². The summed E-state index contributed by atoms with van der Waals surface area (Å²) in [6.07, 6.45) is -4.62. The van der Waals surface area contributed by atoms with Crippen molar-refractivity contribution in [2.24, 2.45) is 0 Å². The van der Waals surface area contributed by atoms with E-state index in [2.05, 4.69) is 15.3 Å². The lowest BCUT2D eigenvalue weighted by atomic mass is 10.0. The van der Waals surface area contributed by atoms with E-state index in [1.54, 1.807) is 31.4 Å². The number of quaternary nitrogens is 1. The molecule has 0 aliphatic rings. The summed E-state index contributed by atoms with van der Waals surface area (Å²) in [6.45, 7) is 0.376. The maximum Gasteiger partial charge on any atom is 0.451 e. The quantitative estimate of drug-likeness (QED) is 0.679. The molecule has 1 atom stereocenters. The smallest absolute Gasteiger partial charge is 0.451 e. The molecule has 28 heavy (non-hydrogen) atoms. The molecule has 0 saturated carbocycles. The van der Waals surface area contributed by atoms with Crippen molar-refractivity contribution in [2.45, 2.75) is 12.2 Å².